The Morgan fingerprint density at radius 3 is 3.05 bits per heavy atom. The first-order chi connectivity index (χ1) is 9.20. The van der Waals surface area contributed by atoms with Crippen LogP contribution in [-0.4, -0.2) is 32.3 Å². The summed E-state index contributed by atoms with van der Waals surface area (Å²) < 4.78 is 23.3. The Morgan fingerprint density at radius 1 is 1.42 bits per heavy atom. The highest BCUT2D eigenvalue weighted by Gasteiger charge is 2.17. The minimum absolute atomic E-state index is 0.229. The van der Waals surface area contributed by atoms with Crippen molar-refractivity contribution >= 4 is 11.7 Å². The first-order valence-electron chi connectivity index (χ1n) is 6.43. The van der Waals surface area contributed by atoms with E-state index < -0.39 is 11.8 Å². The molecule has 0 amide bonds. The molecule has 1 aromatic rings. The zero-order chi connectivity index (χ0) is 13.7. The van der Waals surface area contributed by atoms with Gasteiger partial charge in [0.25, 0.3) is 0 Å². The molecule has 1 atom stereocenters. The van der Waals surface area contributed by atoms with Crippen LogP contribution in [0, 0.1) is 5.82 Å². The highest BCUT2D eigenvalue weighted by molar-refractivity contribution is 5.95. The van der Waals surface area contributed by atoms with E-state index >= 15 is 0 Å². The summed E-state index contributed by atoms with van der Waals surface area (Å²) in [6.07, 6.45) is 2.82. The molecule has 4 nitrogen and oxygen atoms in total. The van der Waals surface area contributed by atoms with Gasteiger partial charge in [-0.1, -0.05) is 0 Å². The number of rotatable bonds is 3. The van der Waals surface area contributed by atoms with Gasteiger partial charge in [0.05, 0.1) is 12.7 Å². The molecule has 1 heterocycles. The second kappa shape index (κ2) is 6.52. The van der Waals surface area contributed by atoms with Gasteiger partial charge in [0.1, 0.15) is 5.82 Å². The summed E-state index contributed by atoms with van der Waals surface area (Å²) in [6.45, 7) is 1.47. The van der Waals surface area contributed by atoms with Gasteiger partial charge in [0, 0.05) is 24.9 Å². The van der Waals surface area contributed by atoms with Crippen LogP contribution in [0.3, 0.4) is 0 Å². The highest BCUT2D eigenvalue weighted by atomic mass is 19.1. The zero-order valence-corrected chi connectivity index (χ0v) is 10.9. The van der Waals surface area contributed by atoms with Crippen molar-refractivity contribution in [2.45, 2.75) is 25.3 Å². The summed E-state index contributed by atoms with van der Waals surface area (Å²) >= 11 is 0. The molecule has 1 saturated heterocycles. The SMILES string of the molecule is COC(=O)c1cc(F)ccc1NC1CCCOCC1. The maximum Gasteiger partial charge on any atom is 0.340 e. The van der Waals surface area contributed by atoms with Crippen LogP contribution in [0.4, 0.5) is 10.1 Å². The Morgan fingerprint density at radius 2 is 2.26 bits per heavy atom. The number of carbonyl (C=O) groups excluding carboxylic acids is 1. The summed E-state index contributed by atoms with van der Waals surface area (Å²) in [7, 11) is 1.29. The predicted octanol–water partition coefficient (Wildman–Crippen LogP) is 2.59. The van der Waals surface area contributed by atoms with Crippen LogP contribution >= 0.6 is 0 Å². The number of carbonyl (C=O) groups is 1. The second-order valence-electron chi connectivity index (χ2n) is 4.57. The van der Waals surface area contributed by atoms with Gasteiger partial charge >= 0.3 is 5.97 Å². The molecular formula is C14H18FNO3. The minimum atomic E-state index is -0.535. The lowest BCUT2D eigenvalue weighted by molar-refractivity contribution is 0.0601. The fourth-order valence-electron chi connectivity index (χ4n) is 2.19. The molecule has 1 fully saturated rings. The highest BCUT2D eigenvalue weighted by Crippen LogP contribution is 2.21. The van der Waals surface area contributed by atoms with Crippen molar-refractivity contribution in [1.82, 2.24) is 0 Å². The van der Waals surface area contributed by atoms with Crippen LogP contribution in [0.25, 0.3) is 0 Å². The Hall–Kier alpha value is -1.62. The fourth-order valence-corrected chi connectivity index (χ4v) is 2.19. The fraction of sp³-hybridized carbons (Fsp3) is 0.500. The summed E-state index contributed by atoms with van der Waals surface area (Å²) in [5, 5.41) is 3.28. The van der Waals surface area contributed by atoms with Gasteiger partial charge in [-0.05, 0) is 37.5 Å². The third-order valence-electron chi connectivity index (χ3n) is 3.20. The van der Waals surface area contributed by atoms with Gasteiger partial charge < -0.3 is 14.8 Å². The van der Waals surface area contributed by atoms with E-state index in [0.717, 1.165) is 25.9 Å². The summed E-state index contributed by atoms with van der Waals surface area (Å²) in [5.41, 5.74) is 0.841. The van der Waals surface area contributed by atoms with Gasteiger partial charge in [-0.15, -0.1) is 0 Å². The first-order valence-corrected chi connectivity index (χ1v) is 6.43. The molecule has 0 spiro atoms. The Bertz CT molecular complexity index is 442. The lowest BCUT2D eigenvalue weighted by Gasteiger charge is -2.19. The molecule has 19 heavy (non-hydrogen) atoms. The monoisotopic (exact) mass is 267 g/mol. The first kappa shape index (κ1) is 13.8. The van der Waals surface area contributed by atoms with E-state index in [4.69, 9.17) is 4.74 Å². The molecule has 0 bridgehead atoms. The number of esters is 1. The topological polar surface area (TPSA) is 47.6 Å². The van der Waals surface area contributed by atoms with Crippen molar-refractivity contribution in [3.63, 3.8) is 0 Å². The van der Waals surface area contributed by atoms with E-state index in [-0.39, 0.29) is 11.6 Å². The van der Waals surface area contributed by atoms with E-state index in [9.17, 15) is 9.18 Å². The van der Waals surface area contributed by atoms with Gasteiger partial charge in [0.2, 0.25) is 0 Å². The molecule has 5 heteroatoms. The predicted molar refractivity (Wildman–Crippen MR) is 69.8 cm³/mol. The number of nitrogens with one attached hydrogen (secondary N) is 1. The van der Waals surface area contributed by atoms with Crippen LogP contribution < -0.4 is 5.32 Å². The molecule has 2 rings (SSSR count). The van der Waals surface area contributed by atoms with Gasteiger partial charge in [-0.2, -0.15) is 0 Å². The molecule has 1 N–H and O–H groups in total. The van der Waals surface area contributed by atoms with E-state index in [2.05, 4.69) is 10.1 Å². The zero-order valence-electron chi connectivity index (χ0n) is 10.9. The van der Waals surface area contributed by atoms with Crippen LogP contribution in [0.5, 0.6) is 0 Å². The molecule has 1 aliphatic heterocycles. The quantitative estimate of drug-likeness (QED) is 0.855. The van der Waals surface area contributed by atoms with Gasteiger partial charge in [-0.3, -0.25) is 0 Å². The van der Waals surface area contributed by atoms with E-state index in [1.54, 1.807) is 6.07 Å². The molecule has 1 aliphatic rings. The molecule has 1 aromatic carbocycles. The van der Waals surface area contributed by atoms with Crippen molar-refractivity contribution in [3.8, 4) is 0 Å². The lowest BCUT2D eigenvalue weighted by Crippen LogP contribution is -2.21. The van der Waals surface area contributed by atoms with Crippen molar-refractivity contribution < 1.29 is 18.7 Å². The number of benzene rings is 1. The van der Waals surface area contributed by atoms with E-state index in [1.807, 2.05) is 0 Å². The Kier molecular flexibility index (Phi) is 4.74. The number of ether oxygens (including phenoxy) is 2. The van der Waals surface area contributed by atoms with Crippen LogP contribution in [0.15, 0.2) is 18.2 Å². The average molecular weight is 267 g/mol. The van der Waals surface area contributed by atoms with Crippen molar-refractivity contribution in [2.75, 3.05) is 25.6 Å². The standard InChI is InChI=1S/C14H18FNO3/c1-18-14(17)12-9-10(15)4-5-13(12)16-11-3-2-7-19-8-6-11/h4-5,9,11,16H,2-3,6-8H2,1H3. The molecule has 0 aliphatic carbocycles. The summed E-state index contributed by atoms with van der Waals surface area (Å²) in [5.74, 6) is -0.984. The number of hydrogen-bond donors (Lipinski definition) is 1. The Balaban J connectivity index is 2.16. The van der Waals surface area contributed by atoms with Crippen LogP contribution in [0.2, 0.25) is 0 Å². The Labute approximate surface area is 111 Å². The van der Waals surface area contributed by atoms with Crippen molar-refractivity contribution in [1.29, 1.82) is 0 Å². The van der Waals surface area contributed by atoms with E-state index in [0.29, 0.717) is 12.3 Å². The molecule has 0 saturated carbocycles. The van der Waals surface area contributed by atoms with Crippen molar-refractivity contribution in [3.05, 3.63) is 29.6 Å². The normalized spacial score (nSPS) is 19.6. The largest absolute Gasteiger partial charge is 0.465 e. The van der Waals surface area contributed by atoms with Crippen molar-refractivity contribution in [2.24, 2.45) is 0 Å². The van der Waals surface area contributed by atoms with Gasteiger partial charge in [0.15, 0.2) is 0 Å². The number of halogens is 1. The third kappa shape index (κ3) is 3.67. The number of hydrogen-bond acceptors (Lipinski definition) is 4. The number of methoxy groups -OCH3 is 1. The van der Waals surface area contributed by atoms with E-state index in [1.165, 1.54) is 19.2 Å². The smallest absolute Gasteiger partial charge is 0.340 e. The molecule has 0 aromatic heterocycles. The summed E-state index contributed by atoms with van der Waals surface area (Å²) in [4.78, 5) is 11.6. The molecule has 0 radical (unpaired) electrons. The molecule has 104 valence electrons. The average Bonchev–Trinajstić information content (AvgIpc) is 2.68. The maximum absolute atomic E-state index is 13.2. The van der Waals surface area contributed by atoms with Gasteiger partial charge in [-0.25, -0.2) is 9.18 Å². The molecular weight excluding hydrogens is 249 g/mol. The van der Waals surface area contributed by atoms with Crippen LogP contribution in [0.1, 0.15) is 29.6 Å². The number of anilines is 1. The summed E-state index contributed by atoms with van der Waals surface area (Å²) in [6, 6.07) is 4.34. The maximum atomic E-state index is 13.2. The lowest BCUT2D eigenvalue weighted by atomic mass is 10.1. The molecule has 1 unspecified atom stereocenters. The van der Waals surface area contributed by atoms with Crippen LogP contribution in [-0.2, 0) is 9.47 Å². The third-order valence-corrected chi connectivity index (χ3v) is 3.20. The minimum Gasteiger partial charge on any atom is -0.465 e. The second-order valence-corrected chi connectivity index (χ2v) is 4.57.